The van der Waals surface area contributed by atoms with Crippen LogP contribution in [0.4, 0.5) is 5.69 Å². The Hall–Kier alpha value is -4.68. The summed E-state index contributed by atoms with van der Waals surface area (Å²) < 4.78 is 13.3. The molecule has 1 aromatic heterocycles. The lowest BCUT2D eigenvalue weighted by Crippen LogP contribution is -2.51. The predicted octanol–water partition coefficient (Wildman–Crippen LogP) is 3.43. The van der Waals surface area contributed by atoms with Crippen LogP contribution in [0.1, 0.15) is 53.9 Å². The van der Waals surface area contributed by atoms with Crippen LogP contribution in [0.25, 0.3) is 11.1 Å². The Morgan fingerprint density at radius 2 is 1.51 bits per heavy atom. The van der Waals surface area contributed by atoms with Gasteiger partial charge in [-0.25, -0.2) is 0 Å². The Morgan fingerprint density at radius 1 is 0.863 bits per heavy atom. The molecule has 4 heterocycles. The third-order valence-electron chi connectivity index (χ3n) is 10.9. The Morgan fingerprint density at radius 3 is 2.12 bits per heavy atom. The number of anilines is 1. The van der Waals surface area contributed by atoms with Crippen LogP contribution in [0, 0.1) is 13.8 Å². The van der Waals surface area contributed by atoms with E-state index in [4.69, 9.17) is 9.47 Å². The second-order valence-electron chi connectivity index (χ2n) is 14.0. The molecule has 0 bridgehead atoms. The molecule has 3 amide bonds. The number of carbonyl (C=O) groups excluding carboxylic acids is 3. The lowest BCUT2D eigenvalue weighted by molar-refractivity contribution is -0.135. The summed E-state index contributed by atoms with van der Waals surface area (Å²) >= 11 is 0. The number of pyridine rings is 1. The van der Waals surface area contributed by atoms with Gasteiger partial charge in [0.1, 0.15) is 17.5 Å². The SMILES string of the molecule is COc1cc(-c2cn(C)c(=O)c(C)c2C)cc(OC)c1CN1CCN(C(=O)CN2CCC(c3ccc(NC4CCC(=O)NC4=O)cc3)CC2)CC1. The van der Waals surface area contributed by atoms with Gasteiger partial charge in [-0.3, -0.25) is 34.3 Å². The number of benzene rings is 2. The molecule has 3 aliphatic rings. The highest BCUT2D eigenvalue weighted by atomic mass is 16.5. The topological polar surface area (TPSA) is 125 Å². The Bertz CT molecular complexity index is 1800. The van der Waals surface area contributed by atoms with Crippen molar-refractivity contribution in [3.8, 4) is 22.6 Å². The smallest absolute Gasteiger partial charge is 0.253 e. The first-order valence-corrected chi connectivity index (χ1v) is 17.9. The number of likely N-dealkylation sites (tertiary alicyclic amines) is 1. The van der Waals surface area contributed by atoms with E-state index < -0.39 is 6.04 Å². The summed E-state index contributed by atoms with van der Waals surface area (Å²) in [6, 6.07) is 11.9. The molecule has 12 heteroatoms. The molecule has 2 aromatic carbocycles. The molecule has 0 aliphatic carbocycles. The van der Waals surface area contributed by atoms with Crippen molar-refractivity contribution < 1.29 is 23.9 Å². The summed E-state index contributed by atoms with van der Waals surface area (Å²) in [5.74, 6) is 1.59. The van der Waals surface area contributed by atoms with Crippen LogP contribution >= 0.6 is 0 Å². The van der Waals surface area contributed by atoms with E-state index in [0.717, 1.165) is 84.0 Å². The van der Waals surface area contributed by atoms with Gasteiger partial charge in [0.15, 0.2) is 0 Å². The maximum absolute atomic E-state index is 13.3. The van der Waals surface area contributed by atoms with Crippen molar-refractivity contribution in [3.63, 3.8) is 0 Å². The molecule has 2 N–H and O–H groups in total. The number of aromatic nitrogens is 1. The molecular weight excluding hydrogens is 648 g/mol. The van der Waals surface area contributed by atoms with Gasteiger partial charge in [-0.15, -0.1) is 0 Å². The zero-order chi connectivity index (χ0) is 36.2. The van der Waals surface area contributed by atoms with Crippen LogP contribution in [0.3, 0.4) is 0 Å². The molecule has 1 unspecified atom stereocenters. The minimum absolute atomic E-state index is 0.00345. The highest BCUT2D eigenvalue weighted by Crippen LogP contribution is 2.37. The van der Waals surface area contributed by atoms with Gasteiger partial charge < -0.3 is 24.3 Å². The Labute approximate surface area is 299 Å². The van der Waals surface area contributed by atoms with Crippen molar-refractivity contribution in [1.82, 2.24) is 24.6 Å². The minimum atomic E-state index is -0.392. The van der Waals surface area contributed by atoms with Crippen molar-refractivity contribution >= 4 is 23.4 Å². The normalized spacial score (nSPS) is 19.2. The molecular formula is C39H50N6O6. The second kappa shape index (κ2) is 15.7. The number of hydrogen-bond donors (Lipinski definition) is 2. The third kappa shape index (κ3) is 8.12. The molecule has 51 heavy (non-hydrogen) atoms. The molecule has 272 valence electrons. The number of amides is 3. The molecule has 0 saturated carbocycles. The number of piperidine rings is 2. The molecule has 3 aliphatic heterocycles. The number of hydrogen-bond acceptors (Lipinski definition) is 9. The largest absolute Gasteiger partial charge is 0.496 e. The van der Waals surface area contributed by atoms with Crippen LogP contribution in [0.5, 0.6) is 11.5 Å². The van der Waals surface area contributed by atoms with Crippen molar-refractivity contribution in [2.24, 2.45) is 7.05 Å². The lowest BCUT2D eigenvalue weighted by atomic mass is 9.89. The van der Waals surface area contributed by atoms with E-state index in [9.17, 15) is 19.2 Å². The summed E-state index contributed by atoms with van der Waals surface area (Å²) in [6.07, 6.45) is 4.69. The molecule has 3 fully saturated rings. The van der Waals surface area contributed by atoms with Gasteiger partial charge in [0.25, 0.3) is 5.56 Å². The summed E-state index contributed by atoms with van der Waals surface area (Å²) in [5, 5.41) is 5.63. The van der Waals surface area contributed by atoms with Crippen LogP contribution < -0.4 is 25.7 Å². The highest BCUT2D eigenvalue weighted by Gasteiger charge is 2.29. The number of nitrogens with zero attached hydrogens (tertiary/aromatic N) is 4. The van der Waals surface area contributed by atoms with Crippen molar-refractivity contribution in [3.05, 3.63) is 75.2 Å². The second-order valence-corrected chi connectivity index (χ2v) is 14.0. The van der Waals surface area contributed by atoms with Crippen LogP contribution in [0.2, 0.25) is 0 Å². The van der Waals surface area contributed by atoms with Crippen molar-refractivity contribution in [1.29, 1.82) is 0 Å². The van der Waals surface area contributed by atoms with Gasteiger partial charge in [-0.2, -0.15) is 0 Å². The number of methoxy groups -OCH3 is 2. The van der Waals surface area contributed by atoms with E-state index in [2.05, 4.69) is 32.6 Å². The first-order valence-electron chi connectivity index (χ1n) is 17.9. The number of aryl methyl sites for hydroxylation is 1. The predicted molar refractivity (Wildman–Crippen MR) is 196 cm³/mol. The number of ether oxygens (including phenoxy) is 2. The zero-order valence-corrected chi connectivity index (χ0v) is 30.4. The molecule has 12 nitrogen and oxygen atoms in total. The summed E-state index contributed by atoms with van der Waals surface area (Å²) in [6.45, 7) is 9.52. The van der Waals surface area contributed by atoms with Crippen molar-refractivity contribution in [2.45, 2.75) is 58.0 Å². The van der Waals surface area contributed by atoms with Gasteiger partial charge in [0.2, 0.25) is 17.7 Å². The first kappa shape index (κ1) is 36.1. The zero-order valence-electron chi connectivity index (χ0n) is 30.4. The Balaban J connectivity index is 0.983. The minimum Gasteiger partial charge on any atom is -0.496 e. The number of nitrogens with one attached hydrogen (secondary N) is 2. The average molecular weight is 699 g/mol. The maximum Gasteiger partial charge on any atom is 0.253 e. The number of piperazine rings is 1. The van der Waals surface area contributed by atoms with Gasteiger partial charge >= 0.3 is 0 Å². The Kier molecular flexibility index (Phi) is 11.1. The van der Waals surface area contributed by atoms with Crippen molar-refractivity contribution in [2.75, 3.05) is 65.3 Å². The quantitative estimate of drug-likeness (QED) is 0.307. The molecule has 3 aromatic rings. The van der Waals surface area contributed by atoms with Crippen LogP contribution in [0.15, 0.2) is 47.4 Å². The van der Waals surface area contributed by atoms with E-state index in [1.165, 1.54) is 5.56 Å². The van der Waals surface area contributed by atoms with E-state index >= 15 is 0 Å². The van der Waals surface area contributed by atoms with Crippen LogP contribution in [-0.2, 0) is 28.0 Å². The fourth-order valence-corrected chi connectivity index (χ4v) is 7.54. The van der Waals surface area contributed by atoms with Gasteiger partial charge in [0, 0.05) is 69.2 Å². The van der Waals surface area contributed by atoms with Gasteiger partial charge in [-0.1, -0.05) is 12.1 Å². The first-order chi connectivity index (χ1) is 24.5. The van der Waals surface area contributed by atoms with E-state index in [0.29, 0.717) is 44.9 Å². The summed E-state index contributed by atoms with van der Waals surface area (Å²) in [7, 11) is 5.10. The molecule has 0 radical (unpaired) electrons. The lowest BCUT2D eigenvalue weighted by Gasteiger charge is -2.37. The molecule has 6 rings (SSSR count). The number of rotatable bonds is 10. The van der Waals surface area contributed by atoms with E-state index in [1.54, 1.807) is 25.8 Å². The average Bonchev–Trinajstić information content (AvgIpc) is 3.14. The van der Waals surface area contributed by atoms with Gasteiger partial charge in [0.05, 0.1) is 26.3 Å². The molecule has 0 spiro atoms. The van der Waals surface area contributed by atoms with Gasteiger partial charge in [-0.05, 0) is 93.1 Å². The third-order valence-corrected chi connectivity index (χ3v) is 10.9. The highest BCUT2D eigenvalue weighted by molar-refractivity contribution is 6.01. The van der Waals surface area contributed by atoms with E-state index in [-0.39, 0.29) is 23.3 Å². The molecule has 3 saturated heterocycles. The number of carbonyl (C=O) groups is 3. The standard InChI is InChI=1S/C39H50N6O6/c1-25-26(2)39(49)42(3)22-31(25)29-20-34(50-4)32(35(21-29)51-5)23-44-16-18-45(19-17-44)37(47)24-43-14-12-28(13-15-43)27-6-8-30(9-7-27)40-33-10-11-36(46)41-38(33)48/h6-9,20-22,28,33,40H,10-19,23-24H2,1-5H3,(H,41,46,48). The fraction of sp³-hybridized carbons (Fsp3) is 0.487. The number of imide groups is 1. The maximum atomic E-state index is 13.3. The monoisotopic (exact) mass is 698 g/mol. The van der Waals surface area contributed by atoms with E-state index in [1.807, 2.05) is 49.2 Å². The molecule has 1 atom stereocenters. The fourth-order valence-electron chi connectivity index (χ4n) is 7.54. The van der Waals surface area contributed by atoms with Crippen LogP contribution in [-0.4, -0.2) is 103 Å². The summed E-state index contributed by atoms with van der Waals surface area (Å²) in [4.78, 5) is 55.9. The summed E-state index contributed by atoms with van der Waals surface area (Å²) in [5.41, 5.74) is 6.65.